The van der Waals surface area contributed by atoms with Crippen molar-refractivity contribution in [2.24, 2.45) is 5.10 Å². The van der Waals surface area contributed by atoms with Crippen molar-refractivity contribution in [3.63, 3.8) is 0 Å². The van der Waals surface area contributed by atoms with Crippen LogP contribution in [0.1, 0.15) is 27.0 Å². The van der Waals surface area contributed by atoms with E-state index in [2.05, 4.69) is 26.5 Å². The van der Waals surface area contributed by atoms with Gasteiger partial charge in [0.15, 0.2) is 11.5 Å². The number of carbonyl (C=O) groups is 1. The van der Waals surface area contributed by atoms with Crippen molar-refractivity contribution in [3.05, 3.63) is 93.5 Å². The molecule has 9 heteroatoms. The van der Waals surface area contributed by atoms with Crippen LogP contribution in [0.3, 0.4) is 0 Å². The molecule has 0 radical (unpaired) electrons. The van der Waals surface area contributed by atoms with Gasteiger partial charge in [0, 0.05) is 5.56 Å². The van der Waals surface area contributed by atoms with Crippen molar-refractivity contribution in [1.82, 2.24) is 5.43 Å². The van der Waals surface area contributed by atoms with Crippen molar-refractivity contribution in [1.29, 1.82) is 0 Å². The van der Waals surface area contributed by atoms with Crippen molar-refractivity contribution in [3.8, 4) is 11.5 Å². The van der Waals surface area contributed by atoms with Crippen molar-refractivity contribution >= 4 is 28.1 Å². The minimum atomic E-state index is -4.54. The van der Waals surface area contributed by atoms with Crippen LogP contribution in [0.4, 0.5) is 13.2 Å². The molecule has 3 rings (SSSR count). The number of amides is 1. The van der Waals surface area contributed by atoms with Gasteiger partial charge in [-0.25, -0.2) is 5.43 Å². The standard InChI is InChI=1S/C23H18BrF3N2O3/c1-31-20-11-16(10-19(24)21(20)32-14-15-6-3-2-4-7-15)13-28-29-22(30)17-8-5-9-18(12-17)23(25,26)27/h2-13H,14H2,1H3,(H,29,30)/b28-13-. The number of ether oxygens (including phenoxy) is 2. The van der Waals surface area contributed by atoms with Gasteiger partial charge in [0.05, 0.1) is 23.4 Å². The minimum absolute atomic E-state index is 0.152. The molecule has 0 heterocycles. The molecular formula is C23H18BrF3N2O3. The van der Waals surface area contributed by atoms with E-state index < -0.39 is 17.6 Å². The predicted molar refractivity (Wildman–Crippen MR) is 118 cm³/mol. The van der Waals surface area contributed by atoms with E-state index in [4.69, 9.17) is 9.47 Å². The molecule has 0 spiro atoms. The van der Waals surface area contributed by atoms with Crippen molar-refractivity contribution < 1.29 is 27.4 Å². The number of hydrogen-bond acceptors (Lipinski definition) is 4. The van der Waals surface area contributed by atoms with Gasteiger partial charge in [-0.15, -0.1) is 0 Å². The van der Waals surface area contributed by atoms with Crippen molar-refractivity contribution in [2.45, 2.75) is 12.8 Å². The van der Waals surface area contributed by atoms with Gasteiger partial charge in [0.2, 0.25) is 0 Å². The highest BCUT2D eigenvalue weighted by molar-refractivity contribution is 9.10. The smallest absolute Gasteiger partial charge is 0.416 e. The number of hydrazone groups is 1. The maximum absolute atomic E-state index is 12.8. The SMILES string of the molecule is COc1cc(/C=N\NC(=O)c2cccc(C(F)(F)F)c2)cc(Br)c1OCc1ccccc1. The number of hydrogen-bond donors (Lipinski definition) is 1. The van der Waals surface area contributed by atoms with E-state index >= 15 is 0 Å². The maximum atomic E-state index is 12.8. The summed E-state index contributed by atoms with van der Waals surface area (Å²) in [6.45, 7) is 0.344. The van der Waals surface area contributed by atoms with Gasteiger partial charge < -0.3 is 9.47 Å². The predicted octanol–water partition coefficient (Wildman–Crippen LogP) is 5.82. The topological polar surface area (TPSA) is 59.9 Å². The Kier molecular flexibility index (Phi) is 7.53. The Morgan fingerprint density at radius 1 is 1.09 bits per heavy atom. The average Bonchev–Trinajstić information content (AvgIpc) is 2.78. The molecule has 3 aromatic carbocycles. The third-order valence-corrected chi connectivity index (χ3v) is 4.90. The molecule has 1 N–H and O–H groups in total. The molecule has 1 amide bonds. The largest absolute Gasteiger partial charge is 0.493 e. The molecule has 0 aliphatic carbocycles. The molecule has 0 saturated heterocycles. The minimum Gasteiger partial charge on any atom is -0.493 e. The summed E-state index contributed by atoms with van der Waals surface area (Å²) in [5, 5.41) is 3.83. The fourth-order valence-corrected chi connectivity index (χ4v) is 3.33. The van der Waals surface area contributed by atoms with Crippen molar-refractivity contribution in [2.75, 3.05) is 7.11 Å². The molecule has 166 valence electrons. The van der Waals surface area contributed by atoms with Crippen LogP contribution in [-0.4, -0.2) is 19.2 Å². The fourth-order valence-electron chi connectivity index (χ4n) is 2.75. The van der Waals surface area contributed by atoms with Crippen LogP contribution in [0.15, 0.2) is 76.3 Å². The third kappa shape index (κ3) is 6.10. The summed E-state index contributed by atoms with van der Waals surface area (Å²) in [6.07, 6.45) is -3.19. The molecule has 0 fully saturated rings. The Morgan fingerprint density at radius 3 is 2.53 bits per heavy atom. The summed E-state index contributed by atoms with van der Waals surface area (Å²) in [4.78, 5) is 12.1. The number of methoxy groups -OCH3 is 1. The molecule has 0 aliphatic heterocycles. The van der Waals surface area contributed by atoms with Gasteiger partial charge in [-0.2, -0.15) is 18.3 Å². The first-order valence-corrected chi connectivity index (χ1v) is 10.1. The van der Waals surface area contributed by atoms with Crippen LogP contribution < -0.4 is 14.9 Å². The Bertz CT molecular complexity index is 1120. The fraction of sp³-hybridized carbons (Fsp3) is 0.130. The van der Waals surface area contributed by atoms with Crippen LogP contribution >= 0.6 is 15.9 Å². The summed E-state index contributed by atoms with van der Waals surface area (Å²) in [5.41, 5.74) is 2.72. The lowest BCUT2D eigenvalue weighted by molar-refractivity contribution is -0.137. The van der Waals surface area contributed by atoms with Crippen LogP contribution in [0, 0.1) is 0 Å². The second-order valence-corrected chi connectivity index (χ2v) is 7.44. The van der Waals surface area contributed by atoms with E-state index in [0.717, 1.165) is 23.8 Å². The lowest BCUT2D eigenvalue weighted by Crippen LogP contribution is -2.18. The number of benzene rings is 3. The summed E-state index contributed by atoms with van der Waals surface area (Å²) in [5.74, 6) is 0.184. The Morgan fingerprint density at radius 2 is 1.84 bits per heavy atom. The molecule has 0 bridgehead atoms. The average molecular weight is 507 g/mol. The van der Waals surface area contributed by atoms with E-state index in [1.807, 2.05) is 30.3 Å². The molecule has 0 saturated carbocycles. The highest BCUT2D eigenvalue weighted by Crippen LogP contribution is 2.37. The summed E-state index contributed by atoms with van der Waals surface area (Å²) in [7, 11) is 1.49. The molecule has 0 aliphatic rings. The summed E-state index contributed by atoms with van der Waals surface area (Å²) >= 11 is 3.44. The van der Waals surface area contributed by atoms with Gasteiger partial charge in [-0.05, 0) is 57.4 Å². The zero-order chi connectivity index (χ0) is 23.1. The van der Waals surface area contributed by atoms with Gasteiger partial charge in [-0.1, -0.05) is 36.4 Å². The molecular weight excluding hydrogens is 489 g/mol. The third-order valence-electron chi connectivity index (χ3n) is 4.31. The molecule has 32 heavy (non-hydrogen) atoms. The van der Waals surface area contributed by atoms with Crippen LogP contribution in [0.5, 0.6) is 11.5 Å². The van der Waals surface area contributed by atoms with Crippen LogP contribution in [0.2, 0.25) is 0 Å². The second kappa shape index (κ2) is 10.3. The van der Waals surface area contributed by atoms with Crippen LogP contribution in [0.25, 0.3) is 0 Å². The number of carbonyl (C=O) groups excluding carboxylic acids is 1. The van der Waals surface area contributed by atoms with E-state index in [1.54, 1.807) is 12.1 Å². The van der Waals surface area contributed by atoms with E-state index in [0.29, 0.717) is 28.1 Å². The van der Waals surface area contributed by atoms with Gasteiger partial charge >= 0.3 is 6.18 Å². The Balaban J connectivity index is 1.69. The second-order valence-electron chi connectivity index (χ2n) is 6.59. The molecule has 0 atom stereocenters. The lowest BCUT2D eigenvalue weighted by Gasteiger charge is -2.13. The number of rotatable bonds is 7. The highest BCUT2D eigenvalue weighted by Gasteiger charge is 2.30. The Hall–Kier alpha value is -3.33. The monoisotopic (exact) mass is 506 g/mol. The summed E-state index contributed by atoms with van der Waals surface area (Å²) in [6, 6.07) is 17.1. The van der Waals surface area contributed by atoms with Gasteiger partial charge in [-0.3, -0.25) is 4.79 Å². The van der Waals surface area contributed by atoms with E-state index in [1.165, 1.54) is 19.4 Å². The zero-order valence-electron chi connectivity index (χ0n) is 16.8. The molecule has 0 aromatic heterocycles. The van der Waals surface area contributed by atoms with Crippen LogP contribution in [-0.2, 0) is 12.8 Å². The van der Waals surface area contributed by atoms with E-state index in [-0.39, 0.29) is 5.56 Å². The normalized spacial score (nSPS) is 11.4. The molecule has 5 nitrogen and oxygen atoms in total. The van der Waals surface area contributed by atoms with Gasteiger partial charge in [0.1, 0.15) is 6.61 Å². The number of halogens is 4. The summed E-state index contributed by atoms with van der Waals surface area (Å²) < 4.78 is 50.3. The maximum Gasteiger partial charge on any atom is 0.416 e. The molecule has 0 unspecified atom stereocenters. The zero-order valence-corrected chi connectivity index (χ0v) is 18.4. The first-order valence-electron chi connectivity index (χ1n) is 9.33. The highest BCUT2D eigenvalue weighted by atomic mass is 79.9. The number of nitrogens with one attached hydrogen (secondary N) is 1. The first-order chi connectivity index (χ1) is 15.3. The number of alkyl halides is 3. The first kappa shape index (κ1) is 23.3. The lowest BCUT2D eigenvalue weighted by atomic mass is 10.1. The number of nitrogens with zero attached hydrogens (tertiary/aromatic N) is 1. The molecule has 3 aromatic rings. The van der Waals surface area contributed by atoms with Gasteiger partial charge in [0.25, 0.3) is 5.91 Å². The Labute approximate surface area is 191 Å². The van der Waals surface area contributed by atoms with E-state index in [9.17, 15) is 18.0 Å². The quantitative estimate of drug-likeness (QED) is 0.324.